The Morgan fingerprint density at radius 3 is 2.38 bits per heavy atom. The van der Waals surface area contributed by atoms with E-state index in [1.165, 1.54) is 24.1 Å². The highest BCUT2D eigenvalue weighted by Crippen LogP contribution is 2.41. The summed E-state index contributed by atoms with van der Waals surface area (Å²) in [7, 11) is 1.51. The van der Waals surface area contributed by atoms with Gasteiger partial charge in [-0.3, -0.25) is 14.4 Å². The van der Waals surface area contributed by atoms with Gasteiger partial charge < -0.3 is 15.1 Å². The zero-order valence-corrected chi connectivity index (χ0v) is 17.4. The van der Waals surface area contributed by atoms with Crippen LogP contribution in [0.3, 0.4) is 0 Å². The Morgan fingerprint density at radius 1 is 1.09 bits per heavy atom. The van der Waals surface area contributed by atoms with E-state index in [4.69, 9.17) is 0 Å². The molecular weight excluding hydrogens is 423 g/mol. The molecule has 1 fully saturated rings. The molecule has 1 aliphatic heterocycles. The van der Waals surface area contributed by atoms with Crippen molar-refractivity contribution in [3.05, 3.63) is 70.8 Å². The van der Waals surface area contributed by atoms with E-state index in [1.807, 2.05) is 0 Å². The Balaban J connectivity index is 1.37. The highest BCUT2D eigenvalue weighted by Gasteiger charge is 2.47. The summed E-state index contributed by atoms with van der Waals surface area (Å²) in [6.07, 6.45) is -2.73. The van der Waals surface area contributed by atoms with E-state index in [1.54, 1.807) is 29.2 Å². The number of benzene rings is 2. The number of hydrogen-bond donors (Lipinski definition) is 1. The van der Waals surface area contributed by atoms with E-state index in [2.05, 4.69) is 5.32 Å². The van der Waals surface area contributed by atoms with Gasteiger partial charge in [0.25, 0.3) is 5.91 Å². The zero-order valence-electron chi connectivity index (χ0n) is 17.4. The van der Waals surface area contributed by atoms with Crippen LogP contribution >= 0.6 is 0 Å². The van der Waals surface area contributed by atoms with Gasteiger partial charge in [0.05, 0.1) is 12.1 Å². The Hall–Kier alpha value is -3.36. The summed E-state index contributed by atoms with van der Waals surface area (Å²) in [5, 5.41) is 2.62. The van der Waals surface area contributed by atoms with Crippen molar-refractivity contribution in [3.8, 4) is 0 Å². The molecule has 2 aromatic carbocycles. The van der Waals surface area contributed by atoms with E-state index in [9.17, 15) is 27.6 Å². The number of nitrogens with one attached hydrogen (secondary N) is 1. The Morgan fingerprint density at radius 2 is 1.75 bits per heavy atom. The summed E-state index contributed by atoms with van der Waals surface area (Å²) in [4.78, 5) is 41.1. The minimum Gasteiger partial charge on any atom is -0.345 e. The molecule has 1 heterocycles. The fourth-order valence-corrected chi connectivity index (χ4v) is 3.89. The molecule has 0 spiro atoms. The lowest BCUT2D eigenvalue weighted by atomic mass is 10.0. The maximum Gasteiger partial charge on any atom is 0.416 e. The van der Waals surface area contributed by atoms with Crippen LogP contribution in [0, 0.1) is 0 Å². The normalized spacial score (nSPS) is 17.8. The summed E-state index contributed by atoms with van der Waals surface area (Å²) >= 11 is 0. The zero-order chi connectivity index (χ0) is 23.0. The second-order valence-corrected chi connectivity index (χ2v) is 8.10. The average molecular weight is 445 g/mol. The first-order valence-electron chi connectivity index (χ1n) is 10.3. The third-order valence-corrected chi connectivity index (χ3v) is 5.73. The molecule has 1 unspecified atom stereocenters. The Kier molecular flexibility index (Phi) is 5.66. The molecule has 1 N–H and O–H groups in total. The molecule has 0 bridgehead atoms. The largest absolute Gasteiger partial charge is 0.416 e. The number of alkyl halides is 3. The van der Waals surface area contributed by atoms with Crippen molar-refractivity contribution >= 4 is 17.7 Å². The highest BCUT2D eigenvalue weighted by atomic mass is 19.4. The maximum absolute atomic E-state index is 12.9. The maximum atomic E-state index is 12.9. The molecule has 168 valence electrons. The van der Waals surface area contributed by atoms with Crippen molar-refractivity contribution in [2.75, 3.05) is 13.6 Å². The molecule has 1 saturated carbocycles. The summed E-state index contributed by atoms with van der Waals surface area (Å²) < 4.78 is 38.1. The quantitative estimate of drug-likeness (QED) is 0.743. The lowest BCUT2D eigenvalue weighted by Crippen LogP contribution is -2.44. The van der Waals surface area contributed by atoms with Gasteiger partial charge in [0.15, 0.2) is 0 Å². The third-order valence-electron chi connectivity index (χ3n) is 5.73. The van der Waals surface area contributed by atoms with Crippen molar-refractivity contribution < 1.29 is 27.6 Å². The van der Waals surface area contributed by atoms with Gasteiger partial charge in [0, 0.05) is 25.2 Å². The van der Waals surface area contributed by atoms with E-state index < -0.39 is 29.6 Å². The van der Waals surface area contributed by atoms with Crippen molar-refractivity contribution in [2.24, 2.45) is 0 Å². The van der Waals surface area contributed by atoms with Gasteiger partial charge in [0.2, 0.25) is 11.8 Å². The molecule has 0 aromatic heterocycles. The molecule has 9 heteroatoms. The minimum atomic E-state index is -4.42. The molecule has 2 aliphatic rings. The number of rotatable bonds is 6. The van der Waals surface area contributed by atoms with Crippen LogP contribution in [-0.4, -0.2) is 47.2 Å². The molecular formula is C23H22F3N3O3. The second kappa shape index (κ2) is 8.29. The standard InChI is InChI=1S/C23H22F3N3O3/c1-28(13-14-6-8-15(9-7-14)23(24,25)26)19(30)12-27-21(31)20-17-4-2-3-5-18(17)22(32)29(20)16-10-11-16/h2-9,16,20H,10-13H2,1H3,(H,27,31). The number of carbonyl (C=O) groups excluding carboxylic acids is 3. The van der Waals surface area contributed by atoms with Crippen molar-refractivity contribution in [2.45, 2.75) is 37.6 Å². The number of hydrogen-bond acceptors (Lipinski definition) is 3. The number of halogens is 3. The summed E-state index contributed by atoms with van der Waals surface area (Å²) in [5.74, 6) is -0.991. The van der Waals surface area contributed by atoms with Crippen LogP contribution in [-0.2, 0) is 22.3 Å². The van der Waals surface area contributed by atoms with E-state index in [-0.39, 0.29) is 25.0 Å². The molecule has 4 rings (SSSR count). The first-order valence-corrected chi connectivity index (χ1v) is 10.3. The highest BCUT2D eigenvalue weighted by molar-refractivity contribution is 6.05. The number of nitrogens with zero attached hydrogens (tertiary/aromatic N) is 2. The third kappa shape index (κ3) is 4.32. The topological polar surface area (TPSA) is 69.7 Å². The molecule has 0 radical (unpaired) electrons. The predicted molar refractivity (Wildman–Crippen MR) is 109 cm³/mol. The van der Waals surface area contributed by atoms with Gasteiger partial charge in [-0.05, 0) is 42.2 Å². The lowest BCUT2D eigenvalue weighted by molar-refractivity contribution is -0.137. The molecule has 32 heavy (non-hydrogen) atoms. The Bertz CT molecular complexity index is 1050. The average Bonchev–Trinajstić information content (AvgIpc) is 3.55. The van der Waals surface area contributed by atoms with Gasteiger partial charge in [0.1, 0.15) is 6.04 Å². The van der Waals surface area contributed by atoms with Crippen LogP contribution in [0.4, 0.5) is 13.2 Å². The molecule has 6 nitrogen and oxygen atoms in total. The molecule has 1 atom stereocenters. The molecule has 1 aliphatic carbocycles. The van der Waals surface area contributed by atoms with Crippen LogP contribution in [0.1, 0.15) is 45.9 Å². The molecule has 0 saturated heterocycles. The van der Waals surface area contributed by atoms with Gasteiger partial charge in [-0.25, -0.2) is 0 Å². The van der Waals surface area contributed by atoms with Crippen LogP contribution in [0.25, 0.3) is 0 Å². The molecule has 3 amide bonds. The molecule has 2 aromatic rings. The van der Waals surface area contributed by atoms with Crippen LogP contribution in [0.2, 0.25) is 0 Å². The minimum absolute atomic E-state index is 0.0312. The van der Waals surface area contributed by atoms with E-state index in [0.717, 1.165) is 25.0 Å². The second-order valence-electron chi connectivity index (χ2n) is 8.10. The number of carbonyl (C=O) groups is 3. The van der Waals surface area contributed by atoms with Crippen molar-refractivity contribution in [1.82, 2.24) is 15.1 Å². The summed E-state index contributed by atoms with van der Waals surface area (Å²) in [6.45, 7) is -0.173. The fraction of sp³-hybridized carbons (Fsp3) is 0.348. The Labute approximate surface area is 183 Å². The van der Waals surface area contributed by atoms with Gasteiger partial charge >= 0.3 is 6.18 Å². The predicted octanol–water partition coefficient (Wildman–Crippen LogP) is 3.14. The first kappa shape index (κ1) is 21.9. The summed E-state index contributed by atoms with van der Waals surface area (Å²) in [6, 6.07) is 10.8. The van der Waals surface area contributed by atoms with E-state index >= 15 is 0 Å². The van der Waals surface area contributed by atoms with Crippen LogP contribution in [0.5, 0.6) is 0 Å². The van der Waals surface area contributed by atoms with Gasteiger partial charge in [-0.15, -0.1) is 0 Å². The monoisotopic (exact) mass is 445 g/mol. The van der Waals surface area contributed by atoms with Gasteiger partial charge in [-0.2, -0.15) is 13.2 Å². The number of fused-ring (bicyclic) bond motifs is 1. The van der Waals surface area contributed by atoms with Crippen LogP contribution < -0.4 is 5.32 Å². The van der Waals surface area contributed by atoms with Crippen molar-refractivity contribution in [1.29, 1.82) is 0 Å². The van der Waals surface area contributed by atoms with E-state index in [0.29, 0.717) is 16.7 Å². The number of amides is 3. The first-order chi connectivity index (χ1) is 15.2. The number of likely N-dealkylation sites (N-methyl/N-ethyl adjacent to an activating group) is 1. The SMILES string of the molecule is CN(Cc1ccc(C(F)(F)F)cc1)C(=O)CNC(=O)C1c2ccccc2C(=O)N1C1CC1. The smallest absolute Gasteiger partial charge is 0.345 e. The lowest BCUT2D eigenvalue weighted by Gasteiger charge is -2.25. The summed E-state index contributed by atoms with van der Waals surface area (Å²) in [5.41, 5.74) is 0.919. The van der Waals surface area contributed by atoms with Crippen LogP contribution in [0.15, 0.2) is 48.5 Å². The van der Waals surface area contributed by atoms with Crippen molar-refractivity contribution in [3.63, 3.8) is 0 Å². The fourth-order valence-electron chi connectivity index (χ4n) is 3.89. The van der Waals surface area contributed by atoms with Gasteiger partial charge in [-0.1, -0.05) is 30.3 Å².